The summed E-state index contributed by atoms with van der Waals surface area (Å²) in [4.78, 5) is 16.9. The van der Waals surface area contributed by atoms with Gasteiger partial charge in [0.2, 0.25) is 5.96 Å². The van der Waals surface area contributed by atoms with E-state index in [0.717, 1.165) is 6.07 Å². The third-order valence-electron chi connectivity index (χ3n) is 1.69. The van der Waals surface area contributed by atoms with Crippen LogP contribution < -0.4 is 17.2 Å². The molecular weight excluding hydrogens is 311 g/mol. The number of hydrogen-bond donors (Lipinski definition) is 3. The standard InChI is InChI=1S/C8H8BrFN6O2/c9-3-1-5(14-8(13)15-7(11)12)6(16(17)18)2-4(3)10/h1-2H,(H6,11,12,13,14,15). The highest BCUT2D eigenvalue weighted by Crippen LogP contribution is 2.32. The Bertz CT molecular complexity index is 555. The number of nitrogens with two attached hydrogens (primary N) is 3. The molecule has 0 bridgehead atoms. The van der Waals surface area contributed by atoms with E-state index in [0.29, 0.717) is 6.07 Å². The Morgan fingerprint density at radius 2 is 2.00 bits per heavy atom. The predicted octanol–water partition coefficient (Wildman–Crippen LogP) is 0.716. The molecule has 0 radical (unpaired) electrons. The quantitative estimate of drug-likeness (QED) is 0.318. The molecule has 0 amide bonds. The number of rotatable bonds is 2. The minimum absolute atomic E-state index is 0.00403. The molecule has 8 nitrogen and oxygen atoms in total. The highest BCUT2D eigenvalue weighted by molar-refractivity contribution is 9.10. The van der Waals surface area contributed by atoms with Crippen LogP contribution in [0.15, 0.2) is 26.6 Å². The first-order chi connectivity index (χ1) is 8.31. The van der Waals surface area contributed by atoms with Gasteiger partial charge >= 0.3 is 0 Å². The van der Waals surface area contributed by atoms with Gasteiger partial charge in [0.15, 0.2) is 5.96 Å². The van der Waals surface area contributed by atoms with Crippen molar-refractivity contribution in [3.63, 3.8) is 0 Å². The highest BCUT2D eigenvalue weighted by atomic mass is 79.9. The summed E-state index contributed by atoms with van der Waals surface area (Å²) in [7, 11) is 0. The molecule has 1 aromatic carbocycles. The summed E-state index contributed by atoms with van der Waals surface area (Å²) in [6.45, 7) is 0. The highest BCUT2D eigenvalue weighted by Gasteiger charge is 2.17. The molecule has 1 aromatic rings. The Kier molecular flexibility index (Phi) is 4.15. The van der Waals surface area contributed by atoms with Crippen molar-refractivity contribution in [2.24, 2.45) is 27.2 Å². The van der Waals surface area contributed by atoms with E-state index in [-0.39, 0.29) is 22.1 Å². The number of guanidine groups is 2. The van der Waals surface area contributed by atoms with Gasteiger partial charge in [-0.2, -0.15) is 4.99 Å². The van der Waals surface area contributed by atoms with Crippen LogP contribution in [-0.2, 0) is 0 Å². The SMILES string of the molecule is NC(N)=NC(N)=Nc1cc(Br)c(F)cc1[N+](=O)[O-]. The van der Waals surface area contributed by atoms with Gasteiger partial charge in [-0.25, -0.2) is 9.38 Å². The van der Waals surface area contributed by atoms with E-state index in [1.165, 1.54) is 0 Å². The van der Waals surface area contributed by atoms with Crippen LogP contribution in [0.1, 0.15) is 0 Å². The van der Waals surface area contributed by atoms with Crippen LogP contribution in [0.5, 0.6) is 0 Å². The number of hydrogen-bond acceptors (Lipinski definition) is 3. The lowest BCUT2D eigenvalue weighted by atomic mass is 10.2. The summed E-state index contributed by atoms with van der Waals surface area (Å²) in [6, 6.07) is 1.81. The molecule has 0 aliphatic heterocycles. The molecule has 10 heteroatoms. The Morgan fingerprint density at radius 1 is 1.39 bits per heavy atom. The first-order valence-electron chi connectivity index (χ1n) is 4.38. The lowest BCUT2D eigenvalue weighted by molar-refractivity contribution is -0.384. The molecule has 96 valence electrons. The number of benzene rings is 1. The number of nitro groups is 1. The zero-order valence-electron chi connectivity index (χ0n) is 8.80. The molecule has 0 fully saturated rings. The van der Waals surface area contributed by atoms with Crippen molar-refractivity contribution >= 4 is 39.2 Å². The van der Waals surface area contributed by atoms with Crippen LogP contribution in [0.2, 0.25) is 0 Å². The second-order valence-electron chi connectivity index (χ2n) is 3.02. The molecule has 0 unspecified atom stereocenters. The molecule has 6 N–H and O–H groups in total. The number of nitrogens with zero attached hydrogens (tertiary/aromatic N) is 3. The predicted molar refractivity (Wildman–Crippen MR) is 67.8 cm³/mol. The van der Waals surface area contributed by atoms with Gasteiger partial charge in [0.05, 0.1) is 15.5 Å². The van der Waals surface area contributed by atoms with E-state index in [4.69, 9.17) is 17.2 Å². The molecule has 18 heavy (non-hydrogen) atoms. The van der Waals surface area contributed by atoms with Crippen molar-refractivity contribution < 1.29 is 9.31 Å². The van der Waals surface area contributed by atoms with Gasteiger partial charge < -0.3 is 17.2 Å². The fourth-order valence-electron chi connectivity index (χ4n) is 1.04. The Hall–Kier alpha value is -2.23. The van der Waals surface area contributed by atoms with Crippen molar-refractivity contribution in [3.8, 4) is 0 Å². The summed E-state index contributed by atoms with van der Waals surface area (Å²) in [5.41, 5.74) is 14.7. The van der Waals surface area contributed by atoms with Crippen molar-refractivity contribution in [2.45, 2.75) is 0 Å². The maximum Gasteiger partial charge on any atom is 0.297 e. The van der Waals surface area contributed by atoms with Gasteiger partial charge in [0.25, 0.3) is 5.69 Å². The van der Waals surface area contributed by atoms with Gasteiger partial charge in [0.1, 0.15) is 11.5 Å². The van der Waals surface area contributed by atoms with Crippen LogP contribution in [0, 0.1) is 15.9 Å². The van der Waals surface area contributed by atoms with Crippen LogP contribution in [0.3, 0.4) is 0 Å². The fourth-order valence-corrected chi connectivity index (χ4v) is 1.37. The second-order valence-corrected chi connectivity index (χ2v) is 3.87. The molecule has 0 saturated heterocycles. The maximum atomic E-state index is 13.2. The molecule has 0 saturated carbocycles. The van der Waals surface area contributed by atoms with Crippen LogP contribution in [0.4, 0.5) is 15.8 Å². The third kappa shape index (κ3) is 3.38. The topological polar surface area (TPSA) is 146 Å². The largest absolute Gasteiger partial charge is 0.370 e. The van der Waals surface area contributed by atoms with E-state index in [2.05, 4.69) is 25.9 Å². The zero-order valence-corrected chi connectivity index (χ0v) is 10.4. The molecule has 0 aliphatic rings. The molecule has 1 rings (SSSR count). The average molecular weight is 319 g/mol. The summed E-state index contributed by atoms with van der Waals surface area (Å²) in [6.07, 6.45) is 0. The van der Waals surface area contributed by atoms with Gasteiger partial charge in [-0.3, -0.25) is 10.1 Å². The van der Waals surface area contributed by atoms with E-state index in [1.54, 1.807) is 0 Å². The van der Waals surface area contributed by atoms with Crippen LogP contribution >= 0.6 is 15.9 Å². The maximum absolute atomic E-state index is 13.2. The summed E-state index contributed by atoms with van der Waals surface area (Å²) < 4.78 is 13.2. The lowest BCUT2D eigenvalue weighted by Gasteiger charge is -2.00. The molecule has 0 spiro atoms. The van der Waals surface area contributed by atoms with Crippen molar-refractivity contribution in [2.75, 3.05) is 0 Å². The lowest BCUT2D eigenvalue weighted by Crippen LogP contribution is -2.26. The third-order valence-corrected chi connectivity index (χ3v) is 2.30. The Balaban J connectivity index is 3.36. The molecular formula is C8H8BrFN6O2. The molecule has 0 aromatic heterocycles. The van der Waals surface area contributed by atoms with E-state index < -0.39 is 16.4 Å². The molecule has 0 atom stereocenters. The van der Waals surface area contributed by atoms with Crippen LogP contribution in [0.25, 0.3) is 0 Å². The van der Waals surface area contributed by atoms with E-state index in [1.807, 2.05) is 0 Å². The number of halogens is 2. The second kappa shape index (κ2) is 5.40. The fraction of sp³-hybridized carbons (Fsp3) is 0. The van der Waals surface area contributed by atoms with Gasteiger partial charge in [0, 0.05) is 0 Å². The average Bonchev–Trinajstić information content (AvgIpc) is 2.21. The number of nitro benzene ring substituents is 1. The summed E-state index contributed by atoms with van der Waals surface area (Å²) in [5, 5.41) is 10.7. The van der Waals surface area contributed by atoms with Gasteiger partial charge in [-0.1, -0.05) is 0 Å². The first kappa shape index (κ1) is 13.8. The normalized spacial score (nSPS) is 11.1. The van der Waals surface area contributed by atoms with Gasteiger partial charge in [-0.15, -0.1) is 0 Å². The first-order valence-corrected chi connectivity index (χ1v) is 5.17. The monoisotopic (exact) mass is 318 g/mol. The van der Waals surface area contributed by atoms with Crippen molar-refractivity contribution in [1.82, 2.24) is 0 Å². The van der Waals surface area contributed by atoms with Gasteiger partial charge in [-0.05, 0) is 22.0 Å². The minimum Gasteiger partial charge on any atom is -0.370 e. The van der Waals surface area contributed by atoms with E-state index >= 15 is 0 Å². The van der Waals surface area contributed by atoms with Crippen LogP contribution in [-0.4, -0.2) is 16.8 Å². The summed E-state index contributed by atoms with van der Waals surface area (Å²) in [5.74, 6) is -1.52. The van der Waals surface area contributed by atoms with Crippen molar-refractivity contribution in [3.05, 3.63) is 32.5 Å². The van der Waals surface area contributed by atoms with E-state index in [9.17, 15) is 14.5 Å². The Morgan fingerprint density at radius 3 is 2.50 bits per heavy atom. The molecule has 0 aliphatic carbocycles. The number of aliphatic imine (C=N–C) groups is 2. The minimum atomic E-state index is -0.794. The smallest absolute Gasteiger partial charge is 0.297 e. The summed E-state index contributed by atoms with van der Waals surface area (Å²) >= 11 is 2.88. The molecule has 0 heterocycles. The zero-order chi connectivity index (χ0) is 13.9. The Labute approximate surface area is 109 Å². The van der Waals surface area contributed by atoms with Crippen molar-refractivity contribution in [1.29, 1.82) is 0 Å².